The van der Waals surface area contributed by atoms with Gasteiger partial charge in [-0.3, -0.25) is 0 Å². The third-order valence-electron chi connectivity index (χ3n) is 7.49. The first kappa shape index (κ1) is 18.8. The zero-order valence-corrected chi connectivity index (χ0v) is 19.1. The van der Waals surface area contributed by atoms with Gasteiger partial charge in [0.2, 0.25) is 0 Å². The third-order valence-corrected chi connectivity index (χ3v) is 7.49. The van der Waals surface area contributed by atoms with E-state index in [9.17, 15) is 0 Å². The van der Waals surface area contributed by atoms with Crippen molar-refractivity contribution >= 4 is 48.9 Å². The minimum Gasteiger partial charge on any atom is -0.308 e. The molecule has 2 heterocycles. The zero-order chi connectivity index (χ0) is 22.9. The summed E-state index contributed by atoms with van der Waals surface area (Å²) in [6.45, 7) is 0. The molecule has 0 aliphatic rings. The Kier molecular flexibility index (Phi) is 3.72. The molecule has 0 amide bonds. The molecule has 8 rings (SSSR count). The van der Waals surface area contributed by atoms with Gasteiger partial charge in [0.25, 0.3) is 0 Å². The lowest BCUT2D eigenvalue weighted by atomic mass is 9.97. The van der Waals surface area contributed by atoms with Crippen LogP contribution in [0.2, 0.25) is 0 Å². The van der Waals surface area contributed by atoms with E-state index in [1.54, 1.807) is 0 Å². The van der Waals surface area contributed by atoms with Crippen molar-refractivity contribution in [1.29, 1.82) is 0 Å². The van der Waals surface area contributed by atoms with Crippen molar-refractivity contribution in [1.82, 2.24) is 4.40 Å². The molecule has 0 aliphatic carbocycles. The molecule has 0 bridgehead atoms. The number of benzene rings is 6. The second kappa shape index (κ2) is 6.94. The van der Waals surface area contributed by atoms with Gasteiger partial charge < -0.3 is 4.40 Å². The van der Waals surface area contributed by atoms with Crippen LogP contribution in [-0.2, 0) is 0 Å². The molecule has 6 aromatic carbocycles. The Balaban J connectivity index is 1.45. The molecule has 0 spiro atoms. The molecule has 0 N–H and O–H groups in total. The maximum atomic E-state index is 2.46. The molecule has 0 unspecified atom stereocenters. The quantitative estimate of drug-likeness (QED) is 0.251. The maximum Gasteiger partial charge on any atom is 0.0620 e. The molecule has 0 atom stereocenters. The highest BCUT2D eigenvalue weighted by Crippen LogP contribution is 2.42. The van der Waals surface area contributed by atoms with Crippen LogP contribution in [-0.4, -0.2) is 4.40 Å². The first-order chi connectivity index (χ1) is 17.3. The third kappa shape index (κ3) is 2.64. The summed E-state index contributed by atoms with van der Waals surface area (Å²) >= 11 is 0. The van der Waals surface area contributed by atoms with Crippen molar-refractivity contribution in [3.63, 3.8) is 0 Å². The second-order valence-electron chi connectivity index (χ2n) is 9.43. The lowest BCUT2D eigenvalue weighted by molar-refractivity contribution is 1.37. The highest BCUT2D eigenvalue weighted by atomic mass is 14.9. The van der Waals surface area contributed by atoms with Gasteiger partial charge in [-0.25, -0.2) is 0 Å². The van der Waals surface area contributed by atoms with Gasteiger partial charge in [-0.1, -0.05) is 97.1 Å². The molecule has 2 aromatic heterocycles. The Morgan fingerprint density at radius 3 is 1.69 bits per heavy atom. The van der Waals surface area contributed by atoms with Crippen LogP contribution in [0, 0.1) is 0 Å². The average Bonchev–Trinajstić information content (AvgIpc) is 3.43. The number of hydrogen-bond donors (Lipinski definition) is 0. The van der Waals surface area contributed by atoms with Gasteiger partial charge in [0.05, 0.1) is 16.6 Å². The van der Waals surface area contributed by atoms with Crippen molar-refractivity contribution in [3.05, 3.63) is 127 Å². The van der Waals surface area contributed by atoms with Crippen LogP contribution < -0.4 is 0 Å². The summed E-state index contributed by atoms with van der Waals surface area (Å²) in [6.07, 6.45) is 0. The number of hydrogen-bond acceptors (Lipinski definition) is 0. The Morgan fingerprint density at radius 2 is 0.914 bits per heavy atom. The molecular weight excluding hydrogens is 422 g/mol. The van der Waals surface area contributed by atoms with Gasteiger partial charge >= 0.3 is 0 Å². The molecule has 8 aromatic rings. The van der Waals surface area contributed by atoms with Gasteiger partial charge in [0.1, 0.15) is 0 Å². The molecule has 0 radical (unpaired) electrons. The van der Waals surface area contributed by atoms with Crippen LogP contribution in [0.4, 0.5) is 0 Å². The van der Waals surface area contributed by atoms with Crippen molar-refractivity contribution in [2.45, 2.75) is 0 Å². The summed E-state index contributed by atoms with van der Waals surface area (Å²) in [5.74, 6) is 0. The highest BCUT2D eigenvalue weighted by Gasteiger charge is 2.19. The van der Waals surface area contributed by atoms with Crippen molar-refractivity contribution in [2.75, 3.05) is 0 Å². The van der Waals surface area contributed by atoms with E-state index in [0.29, 0.717) is 0 Å². The summed E-state index contributed by atoms with van der Waals surface area (Å²) in [5, 5.41) is 7.83. The van der Waals surface area contributed by atoms with Crippen molar-refractivity contribution in [3.8, 4) is 22.3 Å². The standard InChI is InChI=1S/C34H21N/c1-2-8-22(9-3-1)23-14-16-24(17-15-23)27-19-30-28-12-6-7-13-32(28)35-33-21-26-11-5-4-10-25(26)18-29(33)31(20-27)34(30)35/h1-21H. The molecule has 35 heavy (non-hydrogen) atoms. The minimum atomic E-state index is 1.24. The van der Waals surface area contributed by atoms with E-state index in [1.165, 1.54) is 71.1 Å². The fourth-order valence-electron chi connectivity index (χ4n) is 5.83. The van der Waals surface area contributed by atoms with E-state index in [0.717, 1.165) is 0 Å². The molecule has 0 fully saturated rings. The Hall–Kier alpha value is -4.62. The van der Waals surface area contributed by atoms with Crippen LogP contribution in [0.25, 0.3) is 71.1 Å². The topological polar surface area (TPSA) is 4.41 Å². The zero-order valence-electron chi connectivity index (χ0n) is 19.1. The smallest absolute Gasteiger partial charge is 0.0620 e. The average molecular weight is 444 g/mol. The summed E-state index contributed by atoms with van der Waals surface area (Å²) in [6, 6.07) is 46.5. The molecule has 1 heteroatoms. The van der Waals surface area contributed by atoms with Crippen LogP contribution >= 0.6 is 0 Å². The van der Waals surface area contributed by atoms with Gasteiger partial charge in [0, 0.05) is 21.5 Å². The van der Waals surface area contributed by atoms with Crippen molar-refractivity contribution < 1.29 is 0 Å². The van der Waals surface area contributed by atoms with Gasteiger partial charge in [-0.05, 0) is 63.4 Å². The van der Waals surface area contributed by atoms with E-state index in [4.69, 9.17) is 0 Å². The number of aromatic nitrogens is 1. The Bertz CT molecular complexity index is 2030. The molecule has 162 valence electrons. The lowest BCUT2D eigenvalue weighted by Gasteiger charge is -2.07. The number of nitrogens with zero attached hydrogens (tertiary/aromatic N) is 1. The van der Waals surface area contributed by atoms with Gasteiger partial charge in [0.15, 0.2) is 0 Å². The number of para-hydroxylation sites is 1. The van der Waals surface area contributed by atoms with Gasteiger partial charge in [-0.2, -0.15) is 0 Å². The van der Waals surface area contributed by atoms with Crippen LogP contribution in [0.15, 0.2) is 127 Å². The first-order valence-electron chi connectivity index (χ1n) is 12.1. The minimum absolute atomic E-state index is 1.24. The predicted octanol–water partition coefficient (Wildman–Crippen LogP) is 9.32. The summed E-state index contributed by atoms with van der Waals surface area (Å²) in [5.41, 5.74) is 8.87. The summed E-state index contributed by atoms with van der Waals surface area (Å²) in [4.78, 5) is 0. The van der Waals surface area contributed by atoms with Crippen molar-refractivity contribution in [2.24, 2.45) is 0 Å². The van der Waals surface area contributed by atoms with E-state index in [-0.39, 0.29) is 0 Å². The largest absolute Gasteiger partial charge is 0.308 e. The maximum absolute atomic E-state index is 2.46. The van der Waals surface area contributed by atoms with E-state index < -0.39 is 0 Å². The molecule has 0 aliphatic heterocycles. The summed E-state index contributed by atoms with van der Waals surface area (Å²) < 4.78 is 2.46. The SMILES string of the molecule is c1ccc(-c2ccc(-c3cc4c5ccccc5n5c6cc7ccccc7cc6c(c3)c45)cc2)cc1. The van der Waals surface area contributed by atoms with Crippen LogP contribution in [0.5, 0.6) is 0 Å². The summed E-state index contributed by atoms with van der Waals surface area (Å²) in [7, 11) is 0. The monoisotopic (exact) mass is 443 g/mol. The highest BCUT2D eigenvalue weighted by molar-refractivity contribution is 6.25. The van der Waals surface area contributed by atoms with E-state index in [2.05, 4.69) is 132 Å². The lowest BCUT2D eigenvalue weighted by Crippen LogP contribution is -1.81. The van der Waals surface area contributed by atoms with Gasteiger partial charge in [-0.15, -0.1) is 0 Å². The fraction of sp³-hybridized carbons (Fsp3) is 0. The Morgan fingerprint density at radius 1 is 0.343 bits per heavy atom. The molecular formula is C34H21N. The molecule has 0 saturated carbocycles. The molecule has 1 nitrogen and oxygen atoms in total. The van der Waals surface area contributed by atoms with Crippen LogP contribution in [0.1, 0.15) is 0 Å². The van der Waals surface area contributed by atoms with Crippen LogP contribution in [0.3, 0.4) is 0 Å². The first-order valence-corrected chi connectivity index (χ1v) is 12.1. The number of rotatable bonds is 2. The Labute approximate surface area is 202 Å². The fourth-order valence-corrected chi connectivity index (χ4v) is 5.83. The number of fused-ring (bicyclic) bond motifs is 7. The van der Waals surface area contributed by atoms with E-state index in [1.807, 2.05) is 0 Å². The molecule has 0 saturated heterocycles. The second-order valence-corrected chi connectivity index (χ2v) is 9.43. The predicted molar refractivity (Wildman–Crippen MR) is 149 cm³/mol. The van der Waals surface area contributed by atoms with E-state index >= 15 is 0 Å². The normalized spacial score (nSPS) is 12.0.